The number of rotatable bonds is 2. The van der Waals surface area contributed by atoms with E-state index in [2.05, 4.69) is 24.3 Å². The normalized spacial score (nSPS) is 21.9. The number of carbonyl (C=O) groups is 2. The van der Waals surface area contributed by atoms with E-state index in [1.807, 2.05) is 52.0 Å². The van der Waals surface area contributed by atoms with Crippen LogP contribution in [0.25, 0.3) is 22.3 Å². The van der Waals surface area contributed by atoms with Gasteiger partial charge in [0.05, 0.1) is 9.75 Å². The molecule has 60 heavy (non-hydrogen) atoms. The highest BCUT2D eigenvalue weighted by Crippen LogP contribution is 2.55. The average Bonchev–Trinajstić information content (AvgIpc) is 3.99. The number of Topliss-reactive ketones (excluding diaryl/α,β-unsaturated/α-hetero) is 2. The van der Waals surface area contributed by atoms with Crippen LogP contribution in [-0.4, -0.2) is 33.0 Å². The number of benzene rings is 2. The van der Waals surface area contributed by atoms with Crippen molar-refractivity contribution in [2.45, 2.75) is 38.9 Å². The molecule has 4 aromatic rings. The van der Waals surface area contributed by atoms with Gasteiger partial charge in [0.25, 0.3) is 0 Å². The van der Waals surface area contributed by atoms with Gasteiger partial charge in [-0.25, -0.2) is 20.0 Å². The summed E-state index contributed by atoms with van der Waals surface area (Å²) < 4.78 is 13.3. The Morgan fingerprint density at radius 3 is 1.33 bits per heavy atom. The minimum Gasteiger partial charge on any atom is -0.481 e. The summed E-state index contributed by atoms with van der Waals surface area (Å²) in [4.78, 5) is 48.1. The number of aromatic nitrogens is 2. The molecule has 12 nitrogen and oxygen atoms in total. The molecule has 0 bridgehead atoms. The van der Waals surface area contributed by atoms with Crippen molar-refractivity contribution >= 4 is 78.2 Å². The van der Waals surface area contributed by atoms with Crippen LogP contribution in [0, 0.1) is 57.2 Å². The Morgan fingerprint density at radius 2 is 0.967 bits per heavy atom. The van der Waals surface area contributed by atoms with Gasteiger partial charge in [0.1, 0.15) is 81.0 Å². The van der Waals surface area contributed by atoms with E-state index in [1.54, 1.807) is 48.5 Å². The number of ether oxygens (including phenoxy) is 2. The van der Waals surface area contributed by atoms with Crippen LogP contribution in [0.5, 0.6) is 0 Å². The molecular weight excluding hydrogens is 793 g/mol. The lowest BCUT2D eigenvalue weighted by Gasteiger charge is -2.39. The van der Waals surface area contributed by atoms with Crippen LogP contribution in [0.1, 0.15) is 80.7 Å². The topological polar surface area (TPSA) is 198 Å². The molecule has 0 saturated heterocycles. The number of allylic oxidation sites excluding steroid dienone is 10. The first-order valence-corrected chi connectivity index (χ1v) is 20.3. The number of fused-ring (bicyclic) bond motifs is 9. The molecule has 10 rings (SSSR count). The number of hydrogen-bond donors (Lipinski definition) is 0. The van der Waals surface area contributed by atoms with Crippen LogP contribution in [0.4, 0.5) is 10.3 Å². The zero-order chi connectivity index (χ0) is 41.8. The maximum absolute atomic E-state index is 13.6. The molecular formula is C46H26N8O4S2. The first-order valence-electron chi connectivity index (χ1n) is 18.7. The van der Waals surface area contributed by atoms with Crippen molar-refractivity contribution in [1.29, 1.82) is 21.0 Å². The van der Waals surface area contributed by atoms with Crippen molar-refractivity contribution < 1.29 is 19.1 Å². The minimum absolute atomic E-state index is 0.00207. The Bertz CT molecular complexity index is 2960. The van der Waals surface area contributed by atoms with Crippen LogP contribution >= 0.6 is 22.7 Å². The molecule has 6 aliphatic rings. The van der Waals surface area contributed by atoms with Crippen LogP contribution in [-0.2, 0) is 20.7 Å². The molecule has 0 saturated carbocycles. The molecule has 2 unspecified atom stereocenters. The predicted octanol–water partition coefficient (Wildman–Crippen LogP) is 9.16. The molecule has 0 amide bonds. The highest BCUT2D eigenvalue weighted by atomic mass is 32.1. The number of nitrogens with zero attached hydrogens (tertiary/aromatic N) is 8. The number of carbonyl (C=O) groups excluding carboxylic acids is 2. The fourth-order valence-electron chi connectivity index (χ4n) is 8.43. The molecule has 0 N–H and O–H groups in total. The minimum atomic E-state index is -0.868. The van der Waals surface area contributed by atoms with E-state index >= 15 is 0 Å². The maximum atomic E-state index is 13.6. The Kier molecular flexibility index (Phi) is 7.92. The monoisotopic (exact) mass is 818 g/mol. The van der Waals surface area contributed by atoms with Crippen LogP contribution in [0.15, 0.2) is 105 Å². The second kappa shape index (κ2) is 12.9. The second-order valence-corrected chi connectivity index (χ2v) is 17.5. The Hall–Kier alpha value is -7.62. The molecule has 2 aromatic carbocycles. The van der Waals surface area contributed by atoms with Gasteiger partial charge in [0.2, 0.25) is 21.8 Å². The summed E-state index contributed by atoms with van der Waals surface area (Å²) in [5, 5.41) is 39.8. The van der Waals surface area contributed by atoms with Crippen molar-refractivity contribution in [3.05, 3.63) is 139 Å². The highest BCUT2D eigenvalue weighted by molar-refractivity contribution is 7.17. The van der Waals surface area contributed by atoms with E-state index in [4.69, 9.17) is 29.4 Å². The third-order valence-corrected chi connectivity index (χ3v) is 13.1. The zero-order valence-electron chi connectivity index (χ0n) is 32.1. The number of ketones is 2. The smallest absolute Gasteiger partial charge is 0.212 e. The molecule has 4 heterocycles. The van der Waals surface area contributed by atoms with Gasteiger partial charge < -0.3 is 9.47 Å². The quantitative estimate of drug-likeness (QED) is 0.176. The Labute approximate surface area is 350 Å². The molecule has 0 radical (unpaired) electrons. The third-order valence-electron chi connectivity index (χ3n) is 11.1. The summed E-state index contributed by atoms with van der Waals surface area (Å²) in [6.07, 6.45) is 8.42. The van der Waals surface area contributed by atoms with Crippen LogP contribution in [0.2, 0.25) is 0 Å². The molecule has 2 atom stereocenters. The highest BCUT2D eigenvalue weighted by Gasteiger charge is 2.45. The van der Waals surface area contributed by atoms with Crippen molar-refractivity contribution in [2.24, 2.45) is 21.8 Å². The van der Waals surface area contributed by atoms with E-state index in [0.29, 0.717) is 55.4 Å². The Morgan fingerprint density at radius 1 is 0.600 bits per heavy atom. The summed E-state index contributed by atoms with van der Waals surface area (Å²) >= 11 is 2.62. The van der Waals surface area contributed by atoms with Gasteiger partial charge >= 0.3 is 0 Å². The summed E-state index contributed by atoms with van der Waals surface area (Å²) in [6, 6.07) is 21.4. The van der Waals surface area contributed by atoms with Gasteiger partial charge in [-0.15, -0.1) is 0 Å². The number of thiazole rings is 2. The largest absolute Gasteiger partial charge is 0.481 e. The van der Waals surface area contributed by atoms with Gasteiger partial charge in [-0.1, -0.05) is 83.4 Å². The van der Waals surface area contributed by atoms with Crippen molar-refractivity contribution in [1.82, 2.24) is 9.97 Å². The molecule has 286 valence electrons. The molecule has 0 spiro atoms. The van der Waals surface area contributed by atoms with Gasteiger partial charge in [-0.3, -0.25) is 9.59 Å². The maximum Gasteiger partial charge on any atom is 0.212 e. The predicted molar refractivity (Wildman–Crippen MR) is 224 cm³/mol. The first kappa shape index (κ1) is 36.7. The number of aliphatic imine (C=N–C) groups is 2. The lowest BCUT2D eigenvalue weighted by atomic mass is 9.77. The molecule has 2 aromatic heterocycles. The third kappa shape index (κ3) is 5.29. The van der Waals surface area contributed by atoms with Gasteiger partial charge in [-0.05, 0) is 51.0 Å². The van der Waals surface area contributed by atoms with Gasteiger partial charge in [-0.2, -0.15) is 21.0 Å². The average molecular weight is 819 g/mol. The van der Waals surface area contributed by atoms with Gasteiger partial charge in [0.15, 0.2) is 0 Å². The van der Waals surface area contributed by atoms with E-state index < -0.39 is 11.2 Å². The SMILES string of the molecule is CC1(C)OC2=CC3C=C4C(=CC3C=C2c2sc(N=C3C(=O)c5ccccc5C3=C(C#N)C#N)nc21)OC(C)(C)c1nc(N=C2C(=O)c3ccccc3C2=C(C#N)C#N)sc14. The van der Waals surface area contributed by atoms with Crippen molar-refractivity contribution in [3.8, 4) is 24.3 Å². The van der Waals surface area contributed by atoms with Crippen molar-refractivity contribution in [3.63, 3.8) is 0 Å². The molecule has 4 aliphatic carbocycles. The Balaban J connectivity index is 1.03. The molecule has 2 aliphatic heterocycles. The fourth-order valence-corrected chi connectivity index (χ4v) is 10.7. The van der Waals surface area contributed by atoms with Crippen molar-refractivity contribution in [2.75, 3.05) is 0 Å². The van der Waals surface area contributed by atoms with E-state index in [9.17, 15) is 30.6 Å². The van der Waals surface area contributed by atoms with E-state index in [0.717, 1.165) is 20.9 Å². The van der Waals surface area contributed by atoms with E-state index in [1.165, 1.54) is 22.7 Å². The fraction of sp³-hybridized carbons (Fsp3) is 0.174. The number of hydrogen-bond acceptors (Lipinski definition) is 14. The standard InChI is InChI=1S/C46H26N8O4S2/c1-45(2)41-39(59-43(53-41)51-35-33(23(17-47)18-48)25-9-5-7-11-27(25)37(35)55)29-13-22-16-32-30(14-21(22)15-31(29)57-45)40-42(46(3,4)58-32)54-44(60-40)52-36-34(24(19-49)20-50)26-10-6-8-12-28(26)38(36)56/h5-16,21-22H,1-4H3. The van der Waals surface area contributed by atoms with Crippen LogP contribution < -0.4 is 0 Å². The molecule has 14 heteroatoms. The lowest BCUT2D eigenvalue weighted by molar-refractivity contribution is 0.0280. The van der Waals surface area contributed by atoms with E-state index in [-0.39, 0.29) is 57.1 Å². The summed E-state index contributed by atoms with van der Waals surface area (Å²) in [7, 11) is 0. The van der Waals surface area contributed by atoms with Crippen LogP contribution in [0.3, 0.4) is 0 Å². The van der Waals surface area contributed by atoms with Gasteiger partial charge in [0, 0.05) is 45.3 Å². The second-order valence-electron chi connectivity index (χ2n) is 15.6. The summed E-state index contributed by atoms with van der Waals surface area (Å²) in [5.74, 6) is 0.320. The summed E-state index contributed by atoms with van der Waals surface area (Å²) in [6.45, 7) is 7.68. The number of nitriles is 4. The summed E-state index contributed by atoms with van der Waals surface area (Å²) in [5.41, 5.74) is 2.97. The first-order chi connectivity index (χ1) is 28.8. The lowest BCUT2D eigenvalue weighted by Crippen LogP contribution is -2.32. The zero-order valence-corrected chi connectivity index (χ0v) is 33.7. The molecule has 0 fully saturated rings.